The van der Waals surface area contributed by atoms with Gasteiger partial charge in [-0.25, -0.2) is 8.78 Å². The van der Waals surface area contributed by atoms with Gasteiger partial charge in [0, 0.05) is 6.07 Å². The lowest BCUT2D eigenvalue weighted by molar-refractivity contribution is -0.118. The monoisotopic (exact) mass is 316 g/mol. The van der Waals surface area contributed by atoms with Crippen molar-refractivity contribution in [3.05, 3.63) is 28.2 Å². The van der Waals surface area contributed by atoms with Crippen LogP contribution in [-0.4, -0.2) is 5.91 Å². The molecular formula is C12H11BrF2N2O. The summed E-state index contributed by atoms with van der Waals surface area (Å²) in [6, 6.07) is 3.64. The topological polar surface area (TPSA) is 52.9 Å². The van der Waals surface area contributed by atoms with E-state index in [9.17, 15) is 13.6 Å². The van der Waals surface area contributed by atoms with Gasteiger partial charge in [0.25, 0.3) is 0 Å². The van der Waals surface area contributed by atoms with Crippen LogP contribution < -0.4 is 5.32 Å². The van der Waals surface area contributed by atoms with E-state index in [1.807, 2.05) is 13.0 Å². The van der Waals surface area contributed by atoms with Gasteiger partial charge >= 0.3 is 0 Å². The Balaban J connectivity index is 2.88. The third kappa shape index (κ3) is 3.50. The van der Waals surface area contributed by atoms with Crippen LogP contribution in [0.4, 0.5) is 14.5 Å². The fourth-order valence-corrected chi connectivity index (χ4v) is 1.72. The number of anilines is 1. The molecule has 3 nitrogen and oxygen atoms in total. The highest BCUT2D eigenvalue weighted by Gasteiger charge is 2.19. The number of nitrogens with one attached hydrogen (secondary N) is 1. The second kappa shape index (κ2) is 6.45. The Morgan fingerprint density at radius 1 is 1.50 bits per heavy atom. The third-order valence-corrected chi connectivity index (χ3v) is 2.93. The molecule has 0 saturated carbocycles. The number of hydrogen-bond donors (Lipinski definition) is 1. The average Bonchev–Trinajstić information content (AvgIpc) is 2.32. The van der Waals surface area contributed by atoms with Crippen molar-refractivity contribution in [2.24, 2.45) is 5.92 Å². The molecule has 18 heavy (non-hydrogen) atoms. The van der Waals surface area contributed by atoms with Crippen LogP contribution in [-0.2, 0) is 4.79 Å². The van der Waals surface area contributed by atoms with Crippen molar-refractivity contribution in [3.8, 4) is 6.07 Å². The van der Waals surface area contributed by atoms with Crippen LogP contribution >= 0.6 is 15.9 Å². The maximum absolute atomic E-state index is 13.4. The van der Waals surface area contributed by atoms with E-state index in [4.69, 9.17) is 5.26 Å². The van der Waals surface area contributed by atoms with Gasteiger partial charge in [0.1, 0.15) is 17.6 Å². The van der Waals surface area contributed by atoms with E-state index in [2.05, 4.69) is 21.2 Å². The molecule has 6 heteroatoms. The molecule has 0 heterocycles. The number of carbonyl (C=O) groups excluding carboxylic acids is 1. The first-order valence-corrected chi connectivity index (χ1v) is 6.14. The zero-order valence-corrected chi connectivity index (χ0v) is 11.2. The second-order valence-corrected chi connectivity index (χ2v) is 4.56. The van der Waals surface area contributed by atoms with E-state index < -0.39 is 23.5 Å². The standard InChI is InChI=1S/C12H11BrF2N2O/c1-2-3-7(6-16)12(18)17-11-4-8(13)9(14)5-10(11)15/h4-5,7H,2-3H2,1H3,(H,17,18). The number of carbonyl (C=O) groups is 1. The molecular weight excluding hydrogens is 306 g/mol. The molecule has 0 spiro atoms. The highest BCUT2D eigenvalue weighted by Crippen LogP contribution is 2.24. The van der Waals surface area contributed by atoms with Crippen LogP contribution in [0.2, 0.25) is 0 Å². The predicted octanol–water partition coefficient (Wildman–Crippen LogP) is 3.61. The summed E-state index contributed by atoms with van der Waals surface area (Å²) in [5.41, 5.74) is -0.148. The van der Waals surface area contributed by atoms with Gasteiger partial charge in [-0.15, -0.1) is 0 Å². The summed E-state index contributed by atoms with van der Waals surface area (Å²) in [5.74, 6) is -3.05. The quantitative estimate of drug-likeness (QED) is 0.863. The Kier molecular flexibility index (Phi) is 5.23. The number of rotatable bonds is 4. The van der Waals surface area contributed by atoms with E-state index in [0.29, 0.717) is 18.9 Å². The Labute approximate surface area is 112 Å². The molecule has 0 aromatic heterocycles. The summed E-state index contributed by atoms with van der Waals surface area (Å²) in [4.78, 5) is 11.7. The number of benzene rings is 1. The van der Waals surface area contributed by atoms with Gasteiger partial charge in [-0.05, 0) is 28.4 Å². The summed E-state index contributed by atoms with van der Waals surface area (Å²) in [7, 11) is 0. The molecule has 1 rings (SSSR count). The molecule has 1 unspecified atom stereocenters. The average molecular weight is 317 g/mol. The highest BCUT2D eigenvalue weighted by atomic mass is 79.9. The van der Waals surface area contributed by atoms with Gasteiger partial charge in [0.2, 0.25) is 5.91 Å². The molecule has 1 amide bonds. The normalized spacial score (nSPS) is 11.7. The fraction of sp³-hybridized carbons (Fsp3) is 0.333. The zero-order chi connectivity index (χ0) is 13.7. The molecule has 1 N–H and O–H groups in total. The van der Waals surface area contributed by atoms with Crippen molar-refractivity contribution in [2.75, 3.05) is 5.32 Å². The zero-order valence-electron chi connectivity index (χ0n) is 9.64. The minimum atomic E-state index is -0.878. The molecule has 0 aliphatic carbocycles. The first-order valence-electron chi connectivity index (χ1n) is 5.34. The first-order chi connectivity index (χ1) is 8.49. The van der Waals surface area contributed by atoms with Crippen molar-refractivity contribution in [2.45, 2.75) is 19.8 Å². The maximum atomic E-state index is 13.4. The molecule has 0 bridgehead atoms. The maximum Gasteiger partial charge on any atom is 0.241 e. The Hall–Kier alpha value is -1.48. The Morgan fingerprint density at radius 2 is 2.17 bits per heavy atom. The Bertz CT molecular complexity index is 500. The van der Waals surface area contributed by atoms with Crippen LogP contribution in [0.3, 0.4) is 0 Å². The van der Waals surface area contributed by atoms with E-state index in [0.717, 1.165) is 6.07 Å². The van der Waals surface area contributed by atoms with Crippen LogP contribution in [0.5, 0.6) is 0 Å². The molecule has 0 radical (unpaired) electrons. The Morgan fingerprint density at radius 3 is 2.72 bits per heavy atom. The number of halogens is 3. The van der Waals surface area contributed by atoms with Gasteiger partial charge in [-0.2, -0.15) is 5.26 Å². The molecule has 0 aliphatic rings. The number of nitrogens with zero attached hydrogens (tertiary/aromatic N) is 1. The first kappa shape index (κ1) is 14.6. The van der Waals surface area contributed by atoms with Crippen molar-refractivity contribution in [1.82, 2.24) is 0 Å². The summed E-state index contributed by atoms with van der Waals surface area (Å²) < 4.78 is 26.4. The van der Waals surface area contributed by atoms with Crippen molar-refractivity contribution in [3.63, 3.8) is 0 Å². The third-order valence-electron chi connectivity index (χ3n) is 2.32. The van der Waals surface area contributed by atoms with Crippen molar-refractivity contribution >= 4 is 27.5 Å². The number of nitriles is 1. The molecule has 0 saturated heterocycles. The summed E-state index contributed by atoms with van der Waals surface area (Å²) in [5, 5.41) is 11.1. The van der Waals surface area contributed by atoms with Crippen LogP contribution in [0.1, 0.15) is 19.8 Å². The van der Waals surface area contributed by atoms with Crippen molar-refractivity contribution in [1.29, 1.82) is 5.26 Å². The lowest BCUT2D eigenvalue weighted by Gasteiger charge is -2.10. The lowest BCUT2D eigenvalue weighted by Crippen LogP contribution is -2.22. The van der Waals surface area contributed by atoms with E-state index >= 15 is 0 Å². The summed E-state index contributed by atoms with van der Waals surface area (Å²) >= 11 is 2.90. The van der Waals surface area contributed by atoms with E-state index in [1.54, 1.807) is 0 Å². The van der Waals surface area contributed by atoms with E-state index in [1.165, 1.54) is 0 Å². The highest BCUT2D eigenvalue weighted by molar-refractivity contribution is 9.10. The lowest BCUT2D eigenvalue weighted by atomic mass is 10.0. The summed E-state index contributed by atoms with van der Waals surface area (Å²) in [6.45, 7) is 1.84. The minimum absolute atomic E-state index is 0.0446. The van der Waals surface area contributed by atoms with E-state index in [-0.39, 0.29) is 10.2 Å². The summed E-state index contributed by atoms with van der Waals surface area (Å²) in [6.07, 6.45) is 1.06. The van der Waals surface area contributed by atoms with Crippen LogP contribution in [0.15, 0.2) is 16.6 Å². The SMILES string of the molecule is CCCC(C#N)C(=O)Nc1cc(Br)c(F)cc1F. The van der Waals surface area contributed by atoms with Crippen molar-refractivity contribution < 1.29 is 13.6 Å². The van der Waals surface area contributed by atoms with Gasteiger partial charge in [0.05, 0.1) is 16.2 Å². The molecule has 1 atom stereocenters. The number of amides is 1. The van der Waals surface area contributed by atoms with Crippen LogP contribution in [0, 0.1) is 28.9 Å². The molecule has 1 aromatic carbocycles. The van der Waals surface area contributed by atoms with Gasteiger partial charge in [-0.3, -0.25) is 4.79 Å². The smallest absolute Gasteiger partial charge is 0.241 e. The molecule has 0 aliphatic heterocycles. The second-order valence-electron chi connectivity index (χ2n) is 3.71. The molecule has 0 fully saturated rings. The fourth-order valence-electron chi connectivity index (χ4n) is 1.38. The number of hydrogen-bond acceptors (Lipinski definition) is 2. The van der Waals surface area contributed by atoms with Gasteiger partial charge < -0.3 is 5.32 Å². The minimum Gasteiger partial charge on any atom is -0.322 e. The molecule has 96 valence electrons. The van der Waals surface area contributed by atoms with Gasteiger partial charge in [0.15, 0.2) is 0 Å². The van der Waals surface area contributed by atoms with Crippen LogP contribution in [0.25, 0.3) is 0 Å². The largest absolute Gasteiger partial charge is 0.322 e. The van der Waals surface area contributed by atoms with Gasteiger partial charge in [-0.1, -0.05) is 13.3 Å². The predicted molar refractivity (Wildman–Crippen MR) is 66.7 cm³/mol. The molecule has 1 aromatic rings.